The Hall–Kier alpha value is -2.68. The number of hydrogen-bond acceptors (Lipinski definition) is 5. The Bertz CT molecular complexity index is 920. The summed E-state index contributed by atoms with van der Waals surface area (Å²) in [6.45, 7) is 1.81. The molecule has 1 saturated heterocycles. The molecule has 2 aromatic heterocycles. The summed E-state index contributed by atoms with van der Waals surface area (Å²) in [5.74, 6) is -3.00. The van der Waals surface area contributed by atoms with Crippen molar-refractivity contribution in [1.29, 1.82) is 0 Å². The van der Waals surface area contributed by atoms with Crippen LogP contribution in [-0.2, 0) is 0 Å². The number of halogens is 3. The second-order valence-electron chi connectivity index (χ2n) is 5.90. The summed E-state index contributed by atoms with van der Waals surface area (Å²) < 4.78 is 42.2. The van der Waals surface area contributed by atoms with Crippen LogP contribution < -0.4 is 10.6 Å². The van der Waals surface area contributed by atoms with Crippen LogP contribution in [0.2, 0.25) is 0 Å². The molecule has 0 saturated carbocycles. The molecule has 4 rings (SSSR count). The van der Waals surface area contributed by atoms with Gasteiger partial charge in [0, 0.05) is 12.1 Å². The molecule has 0 amide bonds. The van der Waals surface area contributed by atoms with E-state index in [0.717, 1.165) is 32.0 Å². The van der Waals surface area contributed by atoms with Gasteiger partial charge in [-0.2, -0.15) is 5.10 Å². The lowest BCUT2D eigenvalue weighted by Gasteiger charge is -2.23. The normalized spacial score (nSPS) is 15.6. The number of piperidine rings is 1. The van der Waals surface area contributed by atoms with Gasteiger partial charge in [-0.05, 0) is 25.9 Å². The number of fused-ring (bicyclic) bond motifs is 1. The van der Waals surface area contributed by atoms with Crippen molar-refractivity contribution >= 4 is 22.5 Å². The minimum atomic E-state index is -1.24. The third kappa shape index (κ3) is 2.91. The van der Waals surface area contributed by atoms with Gasteiger partial charge in [-0.25, -0.2) is 27.8 Å². The number of hydrogen-bond donors (Lipinski definition) is 2. The third-order valence-electron chi connectivity index (χ3n) is 4.31. The van der Waals surface area contributed by atoms with Crippen molar-refractivity contribution in [2.45, 2.75) is 18.9 Å². The summed E-state index contributed by atoms with van der Waals surface area (Å²) in [4.78, 5) is 8.36. The first-order valence-corrected chi connectivity index (χ1v) is 7.94. The third-order valence-corrected chi connectivity index (χ3v) is 4.31. The van der Waals surface area contributed by atoms with Gasteiger partial charge in [0.05, 0.1) is 23.3 Å². The van der Waals surface area contributed by atoms with Crippen LogP contribution in [0.5, 0.6) is 0 Å². The lowest BCUT2D eigenvalue weighted by atomic mass is 10.1. The van der Waals surface area contributed by atoms with E-state index in [2.05, 4.69) is 25.7 Å². The van der Waals surface area contributed by atoms with E-state index in [0.29, 0.717) is 17.1 Å². The first-order chi connectivity index (χ1) is 12.1. The van der Waals surface area contributed by atoms with Crippen LogP contribution in [0.3, 0.4) is 0 Å². The molecule has 1 aliphatic rings. The number of anilines is 2. The Balaban J connectivity index is 1.71. The Kier molecular flexibility index (Phi) is 4.00. The maximum Gasteiger partial charge on any atom is 0.163 e. The molecule has 0 aliphatic carbocycles. The summed E-state index contributed by atoms with van der Waals surface area (Å²) in [5, 5.41) is 11.0. The second kappa shape index (κ2) is 6.32. The number of aromatic nitrogens is 4. The predicted octanol–water partition coefficient (Wildman–Crippen LogP) is 2.91. The first-order valence-electron chi connectivity index (χ1n) is 7.94. The molecule has 1 fully saturated rings. The van der Waals surface area contributed by atoms with Gasteiger partial charge in [0.2, 0.25) is 0 Å². The SMILES string of the molecule is Fc1cc(F)c(Nc2ncnc3c2cnn3C2CCNCC2)cc1F. The molecule has 0 bridgehead atoms. The zero-order valence-corrected chi connectivity index (χ0v) is 13.1. The minimum Gasteiger partial charge on any atom is -0.337 e. The molecule has 1 aromatic carbocycles. The maximum absolute atomic E-state index is 13.9. The van der Waals surface area contributed by atoms with E-state index >= 15 is 0 Å². The monoisotopic (exact) mass is 348 g/mol. The topological polar surface area (TPSA) is 67.7 Å². The molecule has 0 radical (unpaired) electrons. The van der Waals surface area contributed by atoms with E-state index in [4.69, 9.17) is 0 Å². The van der Waals surface area contributed by atoms with E-state index in [1.165, 1.54) is 6.33 Å². The van der Waals surface area contributed by atoms with E-state index < -0.39 is 17.5 Å². The van der Waals surface area contributed by atoms with Gasteiger partial charge in [0.15, 0.2) is 17.3 Å². The summed E-state index contributed by atoms with van der Waals surface area (Å²) in [5.41, 5.74) is 0.418. The Morgan fingerprint density at radius 2 is 1.80 bits per heavy atom. The lowest BCUT2D eigenvalue weighted by molar-refractivity contribution is 0.349. The van der Waals surface area contributed by atoms with Gasteiger partial charge in [-0.15, -0.1) is 0 Å². The standard InChI is InChI=1S/C16H15F3N6/c17-11-5-13(19)14(6-12(11)18)24-15-10-7-23-25(16(10)22-8-21-15)9-1-3-20-4-2-9/h5-9,20H,1-4H2,(H,21,22,24). The molecule has 0 atom stereocenters. The smallest absolute Gasteiger partial charge is 0.163 e. The summed E-state index contributed by atoms with van der Waals surface area (Å²) in [7, 11) is 0. The fraction of sp³-hybridized carbons (Fsp3) is 0.312. The highest BCUT2D eigenvalue weighted by molar-refractivity contribution is 5.88. The maximum atomic E-state index is 13.9. The van der Waals surface area contributed by atoms with Crippen LogP contribution in [0.1, 0.15) is 18.9 Å². The molecular weight excluding hydrogens is 333 g/mol. The molecule has 130 valence electrons. The van der Waals surface area contributed by atoms with Gasteiger partial charge in [0.25, 0.3) is 0 Å². The molecule has 0 spiro atoms. The van der Waals surface area contributed by atoms with Gasteiger partial charge in [-0.3, -0.25) is 0 Å². The molecule has 9 heteroatoms. The Morgan fingerprint density at radius 1 is 1.04 bits per heavy atom. The van der Waals surface area contributed by atoms with Crippen molar-refractivity contribution in [2.75, 3.05) is 18.4 Å². The average Bonchev–Trinajstić information content (AvgIpc) is 3.05. The minimum absolute atomic E-state index is 0.200. The van der Waals surface area contributed by atoms with Gasteiger partial charge < -0.3 is 10.6 Å². The molecule has 3 aromatic rings. The fourth-order valence-electron chi connectivity index (χ4n) is 3.03. The molecule has 2 N–H and O–H groups in total. The molecule has 0 unspecified atom stereocenters. The zero-order valence-electron chi connectivity index (χ0n) is 13.1. The molecular formula is C16H15F3N6. The van der Waals surface area contributed by atoms with E-state index in [1.807, 2.05) is 4.68 Å². The van der Waals surface area contributed by atoms with Crippen molar-refractivity contribution in [2.24, 2.45) is 0 Å². The number of nitrogens with zero attached hydrogens (tertiary/aromatic N) is 4. The quantitative estimate of drug-likeness (QED) is 0.713. The molecule has 1 aliphatic heterocycles. The summed E-state index contributed by atoms with van der Waals surface area (Å²) in [6.07, 6.45) is 4.79. The van der Waals surface area contributed by atoms with Crippen LogP contribution in [0.4, 0.5) is 24.7 Å². The van der Waals surface area contributed by atoms with Crippen molar-refractivity contribution in [1.82, 2.24) is 25.1 Å². The Morgan fingerprint density at radius 3 is 2.60 bits per heavy atom. The van der Waals surface area contributed by atoms with Gasteiger partial charge >= 0.3 is 0 Å². The molecule has 25 heavy (non-hydrogen) atoms. The van der Waals surface area contributed by atoms with Crippen LogP contribution in [0.15, 0.2) is 24.7 Å². The highest BCUT2D eigenvalue weighted by Gasteiger charge is 2.20. The Labute approximate surface area is 141 Å². The van der Waals surface area contributed by atoms with Gasteiger partial charge in [-0.1, -0.05) is 0 Å². The fourth-order valence-corrected chi connectivity index (χ4v) is 3.03. The van der Waals surface area contributed by atoms with E-state index in [1.54, 1.807) is 6.20 Å². The highest BCUT2D eigenvalue weighted by Crippen LogP contribution is 2.28. The number of benzene rings is 1. The van der Waals surface area contributed by atoms with Gasteiger partial charge in [0.1, 0.15) is 18.0 Å². The van der Waals surface area contributed by atoms with Crippen LogP contribution >= 0.6 is 0 Å². The average molecular weight is 348 g/mol. The van der Waals surface area contributed by atoms with E-state index in [9.17, 15) is 13.2 Å². The van der Waals surface area contributed by atoms with Crippen molar-refractivity contribution in [3.05, 3.63) is 42.1 Å². The molecule has 6 nitrogen and oxygen atoms in total. The lowest BCUT2D eigenvalue weighted by Crippen LogP contribution is -2.29. The first kappa shape index (κ1) is 15.8. The van der Waals surface area contributed by atoms with Crippen molar-refractivity contribution < 1.29 is 13.2 Å². The van der Waals surface area contributed by atoms with Crippen LogP contribution in [0.25, 0.3) is 11.0 Å². The van der Waals surface area contributed by atoms with Crippen molar-refractivity contribution in [3.63, 3.8) is 0 Å². The van der Waals surface area contributed by atoms with Crippen molar-refractivity contribution in [3.8, 4) is 0 Å². The summed E-state index contributed by atoms with van der Waals surface area (Å²) >= 11 is 0. The highest BCUT2D eigenvalue weighted by atomic mass is 19.2. The number of nitrogens with one attached hydrogen (secondary N) is 2. The predicted molar refractivity (Wildman–Crippen MR) is 86.1 cm³/mol. The summed E-state index contributed by atoms with van der Waals surface area (Å²) in [6, 6.07) is 1.48. The van der Waals surface area contributed by atoms with E-state index in [-0.39, 0.29) is 17.5 Å². The van der Waals surface area contributed by atoms with Crippen LogP contribution in [-0.4, -0.2) is 32.8 Å². The number of rotatable bonds is 3. The zero-order chi connectivity index (χ0) is 17.4. The molecule has 3 heterocycles. The van der Waals surface area contributed by atoms with Crippen LogP contribution in [0, 0.1) is 17.5 Å². The largest absolute Gasteiger partial charge is 0.337 e. The second-order valence-corrected chi connectivity index (χ2v) is 5.90.